The number of hydrogen-bond donors (Lipinski definition) is 2. The first-order valence-electron chi connectivity index (χ1n) is 11.0. The second-order valence-corrected chi connectivity index (χ2v) is 8.07. The predicted octanol–water partition coefficient (Wildman–Crippen LogP) is 1.84. The van der Waals surface area contributed by atoms with Crippen molar-refractivity contribution < 1.29 is 9.53 Å². The molecule has 2 aliphatic rings. The average Bonchev–Trinajstić information content (AvgIpc) is 3.23. The first-order valence-corrected chi connectivity index (χ1v) is 11.0. The highest BCUT2D eigenvalue weighted by Gasteiger charge is 2.41. The van der Waals surface area contributed by atoms with Crippen LogP contribution in [0.4, 0.5) is 0 Å². The molecule has 0 radical (unpaired) electrons. The maximum Gasteiger partial charge on any atom is 0.248 e. The van der Waals surface area contributed by atoms with Crippen molar-refractivity contribution in [2.75, 3.05) is 32.8 Å². The summed E-state index contributed by atoms with van der Waals surface area (Å²) in [4.78, 5) is 21.1. The number of nitrogens with zero attached hydrogens (tertiary/aromatic N) is 3. The quantitative estimate of drug-likeness (QED) is 0.549. The van der Waals surface area contributed by atoms with Crippen molar-refractivity contribution in [2.45, 2.75) is 32.2 Å². The zero-order valence-electron chi connectivity index (χ0n) is 18.0. The Morgan fingerprint density at radius 2 is 1.97 bits per heavy atom. The van der Waals surface area contributed by atoms with E-state index in [-0.39, 0.29) is 6.10 Å². The van der Waals surface area contributed by atoms with Crippen molar-refractivity contribution in [1.82, 2.24) is 15.1 Å². The van der Waals surface area contributed by atoms with E-state index < -0.39 is 5.91 Å². The SMILES string of the molecule is CCNC(=NCc1cccc(C(N)=O)c1)N1CC2OCCN(Cc3ccccc3)C2C1. The lowest BCUT2D eigenvalue weighted by molar-refractivity contribution is -0.0502. The third-order valence-electron chi connectivity index (χ3n) is 5.90. The highest BCUT2D eigenvalue weighted by Crippen LogP contribution is 2.25. The Morgan fingerprint density at radius 3 is 2.74 bits per heavy atom. The summed E-state index contributed by atoms with van der Waals surface area (Å²) in [7, 11) is 0. The topological polar surface area (TPSA) is 83.2 Å². The summed E-state index contributed by atoms with van der Waals surface area (Å²) in [5.74, 6) is 0.460. The van der Waals surface area contributed by atoms with Crippen LogP contribution < -0.4 is 11.1 Å². The summed E-state index contributed by atoms with van der Waals surface area (Å²) >= 11 is 0. The number of primary amides is 1. The number of fused-ring (bicyclic) bond motifs is 1. The Balaban J connectivity index is 1.46. The van der Waals surface area contributed by atoms with Gasteiger partial charge in [0.25, 0.3) is 0 Å². The molecule has 0 bridgehead atoms. The molecule has 7 nitrogen and oxygen atoms in total. The van der Waals surface area contributed by atoms with Gasteiger partial charge in [-0.05, 0) is 30.2 Å². The van der Waals surface area contributed by atoms with E-state index in [2.05, 4.69) is 52.4 Å². The third kappa shape index (κ3) is 5.24. The van der Waals surface area contributed by atoms with Crippen molar-refractivity contribution >= 4 is 11.9 Å². The van der Waals surface area contributed by atoms with E-state index in [1.807, 2.05) is 18.2 Å². The van der Waals surface area contributed by atoms with Crippen LogP contribution in [0.2, 0.25) is 0 Å². The molecule has 4 rings (SSSR count). The molecular weight excluding hydrogens is 390 g/mol. The number of likely N-dealkylation sites (tertiary alicyclic amines) is 1. The van der Waals surface area contributed by atoms with Gasteiger partial charge < -0.3 is 20.7 Å². The Morgan fingerprint density at radius 1 is 1.16 bits per heavy atom. The second kappa shape index (κ2) is 9.94. The molecule has 2 aromatic rings. The number of nitrogens with one attached hydrogen (secondary N) is 1. The number of rotatable bonds is 6. The van der Waals surface area contributed by atoms with Gasteiger partial charge in [0.15, 0.2) is 5.96 Å². The van der Waals surface area contributed by atoms with Crippen molar-refractivity contribution in [2.24, 2.45) is 10.7 Å². The van der Waals surface area contributed by atoms with Crippen LogP contribution >= 0.6 is 0 Å². The van der Waals surface area contributed by atoms with Gasteiger partial charge in [-0.15, -0.1) is 0 Å². The fourth-order valence-electron chi connectivity index (χ4n) is 4.36. The lowest BCUT2D eigenvalue weighted by Gasteiger charge is -2.36. The molecule has 2 fully saturated rings. The van der Waals surface area contributed by atoms with Gasteiger partial charge in [-0.3, -0.25) is 9.69 Å². The number of nitrogens with two attached hydrogens (primary N) is 1. The van der Waals surface area contributed by atoms with E-state index >= 15 is 0 Å². The summed E-state index contributed by atoms with van der Waals surface area (Å²) in [6, 6.07) is 18.3. The first kappa shape index (κ1) is 21.3. The van der Waals surface area contributed by atoms with E-state index in [0.29, 0.717) is 18.2 Å². The Labute approximate surface area is 183 Å². The number of carbonyl (C=O) groups is 1. The summed E-state index contributed by atoms with van der Waals surface area (Å²) in [6.07, 6.45) is 0.180. The molecule has 2 aliphatic heterocycles. The van der Waals surface area contributed by atoms with Gasteiger partial charge in [0.1, 0.15) is 0 Å². The molecule has 2 atom stereocenters. The molecule has 2 unspecified atom stereocenters. The summed E-state index contributed by atoms with van der Waals surface area (Å²) in [6.45, 7) is 7.70. The average molecular weight is 422 g/mol. The second-order valence-electron chi connectivity index (χ2n) is 8.07. The molecule has 2 heterocycles. The first-order chi connectivity index (χ1) is 15.1. The van der Waals surface area contributed by atoms with Gasteiger partial charge in [0, 0.05) is 38.3 Å². The number of ether oxygens (including phenoxy) is 1. The molecule has 0 aromatic heterocycles. The number of guanidine groups is 1. The Bertz CT molecular complexity index is 917. The van der Waals surface area contributed by atoms with Crippen LogP contribution in [-0.2, 0) is 17.8 Å². The molecule has 0 aliphatic carbocycles. The number of hydrogen-bond acceptors (Lipinski definition) is 4. The molecule has 0 saturated carbocycles. The van der Waals surface area contributed by atoms with Gasteiger partial charge >= 0.3 is 0 Å². The Hall–Kier alpha value is -2.90. The van der Waals surface area contributed by atoms with Crippen LogP contribution in [-0.4, -0.2) is 66.6 Å². The van der Waals surface area contributed by atoms with Crippen LogP contribution in [0.1, 0.15) is 28.4 Å². The van der Waals surface area contributed by atoms with Gasteiger partial charge in [-0.25, -0.2) is 4.99 Å². The standard InChI is InChI=1S/C24H31N5O2/c1-2-26-24(27-14-19-9-6-10-20(13-19)23(25)30)29-16-21-22(17-29)31-12-11-28(21)15-18-7-4-3-5-8-18/h3-10,13,21-22H,2,11-12,14-17H2,1H3,(H2,25,30)(H,26,27). The van der Waals surface area contributed by atoms with Crippen molar-refractivity contribution in [1.29, 1.82) is 0 Å². The third-order valence-corrected chi connectivity index (χ3v) is 5.90. The number of aliphatic imine (C=N–C) groups is 1. The monoisotopic (exact) mass is 421 g/mol. The number of benzene rings is 2. The minimum absolute atomic E-state index is 0.180. The molecular formula is C24H31N5O2. The van der Waals surface area contributed by atoms with Crippen LogP contribution in [0.3, 0.4) is 0 Å². The molecule has 164 valence electrons. The normalized spacial score (nSPS) is 21.7. The number of carbonyl (C=O) groups excluding carboxylic acids is 1. The van der Waals surface area contributed by atoms with Crippen LogP contribution in [0, 0.1) is 0 Å². The number of morpholine rings is 1. The van der Waals surface area contributed by atoms with Crippen molar-refractivity contribution in [3.05, 3.63) is 71.3 Å². The fraction of sp³-hybridized carbons (Fsp3) is 0.417. The van der Waals surface area contributed by atoms with Gasteiger partial charge in [-0.1, -0.05) is 42.5 Å². The predicted molar refractivity (Wildman–Crippen MR) is 122 cm³/mol. The summed E-state index contributed by atoms with van der Waals surface area (Å²) in [5, 5.41) is 3.42. The van der Waals surface area contributed by atoms with Gasteiger partial charge in [0.2, 0.25) is 5.91 Å². The lowest BCUT2D eigenvalue weighted by atomic mass is 10.1. The van der Waals surface area contributed by atoms with E-state index in [4.69, 9.17) is 15.5 Å². The zero-order chi connectivity index (χ0) is 21.6. The maximum atomic E-state index is 11.5. The van der Waals surface area contributed by atoms with Gasteiger partial charge in [0.05, 0.1) is 25.3 Å². The fourth-order valence-corrected chi connectivity index (χ4v) is 4.36. The molecule has 2 aromatic carbocycles. The highest BCUT2D eigenvalue weighted by atomic mass is 16.5. The molecule has 2 saturated heterocycles. The van der Waals surface area contributed by atoms with Crippen molar-refractivity contribution in [3.63, 3.8) is 0 Å². The zero-order valence-corrected chi connectivity index (χ0v) is 18.0. The molecule has 31 heavy (non-hydrogen) atoms. The van der Waals surface area contributed by atoms with Crippen LogP contribution in [0.25, 0.3) is 0 Å². The minimum Gasteiger partial charge on any atom is -0.373 e. The van der Waals surface area contributed by atoms with Crippen LogP contribution in [0.5, 0.6) is 0 Å². The summed E-state index contributed by atoms with van der Waals surface area (Å²) in [5.41, 5.74) is 8.21. The Kier molecular flexibility index (Phi) is 6.84. The van der Waals surface area contributed by atoms with Crippen LogP contribution in [0.15, 0.2) is 59.6 Å². The minimum atomic E-state index is -0.419. The summed E-state index contributed by atoms with van der Waals surface area (Å²) < 4.78 is 6.12. The van der Waals surface area contributed by atoms with Crippen molar-refractivity contribution in [3.8, 4) is 0 Å². The van der Waals surface area contributed by atoms with E-state index in [9.17, 15) is 4.79 Å². The molecule has 3 N–H and O–H groups in total. The van der Waals surface area contributed by atoms with E-state index in [0.717, 1.165) is 50.9 Å². The van der Waals surface area contributed by atoms with E-state index in [1.54, 1.807) is 6.07 Å². The maximum absolute atomic E-state index is 11.5. The molecule has 7 heteroatoms. The lowest BCUT2D eigenvalue weighted by Crippen LogP contribution is -2.50. The smallest absolute Gasteiger partial charge is 0.248 e. The van der Waals surface area contributed by atoms with Gasteiger partial charge in [-0.2, -0.15) is 0 Å². The largest absolute Gasteiger partial charge is 0.373 e. The molecule has 1 amide bonds. The highest BCUT2D eigenvalue weighted by molar-refractivity contribution is 5.92. The van der Waals surface area contributed by atoms with E-state index in [1.165, 1.54) is 5.56 Å². The number of amides is 1. The molecule has 0 spiro atoms.